The molecule has 0 aliphatic carbocycles. The molecule has 0 spiro atoms. The van der Waals surface area contributed by atoms with E-state index in [0.29, 0.717) is 5.69 Å². The monoisotopic (exact) mass is 522 g/mol. The summed E-state index contributed by atoms with van der Waals surface area (Å²) in [6, 6.07) is 9.72. The Labute approximate surface area is 226 Å². The van der Waals surface area contributed by atoms with Crippen molar-refractivity contribution in [2.75, 3.05) is 58.4 Å². The molecule has 9 heteroatoms. The summed E-state index contributed by atoms with van der Waals surface area (Å²) in [5, 5.41) is 3.47. The summed E-state index contributed by atoms with van der Waals surface area (Å²) in [5.41, 5.74) is 3.10. The van der Waals surface area contributed by atoms with Gasteiger partial charge < -0.3 is 24.3 Å². The highest BCUT2D eigenvalue weighted by Crippen LogP contribution is 2.25. The molecule has 206 valence electrons. The van der Waals surface area contributed by atoms with Crippen LogP contribution < -0.4 is 10.1 Å². The smallest absolute Gasteiger partial charge is 0.272 e. The van der Waals surface area contributed by atoms with Crippen LogP contribution in [0.4, 0.5) is 11.6 Å². The lowest BCUT2D eigenvalue weighted by atomic mass is 10.2. The SMILES string of the molecule is CCCCN(CCCC)C(=O)c1cc2c(cn1)nc(Nc1ccc(OC)cc1)n2CCCN1CCOCC1. The van der Waals surface area contributed by atoms with Crippen molar-refractivity contribution in [3.8, 4) is 5.75 Å². The molecule has 38 heavy (non-hydrogen) atoms. The van der Waals surface area contributed by atoms with Gasteiger partial charge in [0.25, 0.3) is 5.91 Å². The van der Waals surface area contributed by atoms with E-state index in [-0.39, 0.29) is 5.91 Å². The van der Waals surface area contributed by atoms with Gasteiger partial charge in [-0.2, -0.15) is 0 Å². The summed E-state index contributed by atoms with van der Waals surface area (Å²) in [4.78, 5) is 27.3. The second-order valence-corrected chi connectivity index (χ2v) is 9.81. The molecule has 0 bridgehead atoms. The summed E-state index contributed by atoms with van der Waals surface area (Å²) in [6.45, 7) is 11.1. The number of hydrogen-bond donors (Lipinski definition) is 1. The number of imidazole rings is 1. The first-order chi connectivity index (χ1) is 18.6. The summed E-state index contributed by atoms with van der Waals surface area (Å²) in [7, 11) is 1.66. The number of aryl methyl sites for hydroxylation is 1. The van der Waals surface area contributed by atoms with Crippen LogP contribution in [0.3, 0.4) is 0 Å². The van der Waals surface area contributed by atoms with Gasteiger partial charge in [0.2, 0.25) is 5.95 Å². The third kappa shape index (κ3) is 7.23. The Morgan fingerprint density at radius 1 is 1.05 bits per heavy atom. The highest BCUT2D eigenvalue weighted by Gasteiger charge is 2.20. The van der Waals surface area contributed by atoms with Crippen LogP contribution in [0.25, 0.3) is 11.0 Å². The highest BCUT2D eigenvalue weighted by atomic mass is 16.5. The first-order valence-corrected chi connectivity index (χ1v) is 14.0. The zero-order valence-corrected chi connectivity index (χ0v) is 23.1. The largest absolute Gasteiger partial charge is 0.497 e. The van der Waals surface area contributed by atoms with Crippen molar-refractivity contribution < 1.29 is 14.3 Å². The van der Waals surface area contributed by atoms with Crippen molar-refractivity contribution in [1.82, 2.24) is 24.3 Å². The second-order valence-electron chi connectivity index (χ2n) is 9.81. The van der Waals surface area contributed by atoms with Gasteiger partial charge in [0, 0.05) is 45.0 Å². The molecule has 1 fully saturated rings. The Morgan fingerprint density at radius 3 is 2.42 bits per heavy atom. The van der Waals surface area contributed by atoms with Crippen molar-refractivity contribution in [2.24, 2.45) is 0 Å². The quantitative estimate of drug-likeness (QED) is 0.321. The topological polar surface area (TPSA) is 84.8 Å². The predicted molar refractivity (Wildman–Crippen MR) is 151 cm³/mol. The molecule has 1 saturated heterocycles. The highest BCUT2D eigenvalue weighted by molar-refractivity contribution is 5.95. The number of rotatable bonds is 14. The third-order valence-corrected chi connectivity index (χ3v) is 7.01. The molecular weight excluding hydrogens is 480 g/mol. The Kier molecular flexibility index (Phi) is 10.3. The molecule has 1 amide bonds. The van der Waals surface area contributed by atoms with Gasteiger partial charge in [0.05, 0.1) is 32.0 Å². The van der Waals surface area contributed by atoms with E-state index in [9.17, 15) is 4.79 Å². The maximum absolute atomic E-state index is 13.5. The average Bonchev–Trinajstić information content (AvgIpc) is 3.29. The van der Waals surface area contributed by atoms with E-state index in [0.717, 1.165) is 113 Å². The van der Waals surface area contributed by atoms with Crippen molar-refractivity contribution in [1.29, 1.82) is 0 Å². The Morgan fingerprint density at radius 2 is 1.76 bits per heavy atom. The fourth-order valence-electron chi connectivity index (χ4n) is 4.72. The number of morpholine rings is 1. The van der Waals surface area contributed by atoms with Crippen LogP contribution in [0.1, 0.15) is 56.4 Å². The molecular formula is C29H42N6O3. The fourth-order valence-corrected chi connectivity index (χ4v) is 4.72. The standard InChI is InChI=1S/C29H42N6O3/c1-4-6-14-34(15-7-5-2)28(36)25-21-27-26(22-30-25)32-29(31-23-9-11-24(37-3)12-10-23)35(27)16-8-13-33-17-19-38-20-18-33/h9-12,21-22H,4-8,13-20H2,1-3H3,(H,31,32). The molecule has 0 atom stereocenters. The van der Waals surface area contributed by atoms with Gasteiger partial charge in [0.1, 0.15) is 17.0 Å². The van der Waals surface area contributed by atoms with Crippen molar-refractivity contribution >= 4 is 28.6 Å². The number of benzene rings is 1. The summed E-state index contributed by atoms with van der Waals surface area (Å²) in [5.74, 6) is 1.55. The Balaban J connectivity index is 1.60. The zero-order chi connectivity index (χ0) is 26.7. The van der Waals surface area contributed by atoms with E-state index in [2.05, 4.69) is 33.6 Å². The first-order valence-electron chi connectivity index (χ1n) is 14.0. The molecule has 1 N–H and O–H groups in total. The van der Waals surface area contributed by atoms with Crippen LogP contribution >= 0.6 is 0 Å². The Bertz CT molecular complexity index is 1150. The average molecular weight is 523 g/mol. The number of nitrogens with one attached hydrogen (secondary N) is 1. The van der Waals surface area contributed by atoms with Crippen molar-refractivity contribution in [3.05, 3.63) is 42.2 Å². The number of amides is 1. The second kappa shape index (κ2) is 14.1. The van der Waals surface area contributed by atoms with E-state index in [4.69, 9.17) is 14.5 Å². The lowest BCUT2D eigenvalue weighted by Crippen LogP contribution is -2.37. The maximum Gasteiger partial charge on any atom is 0.272 e. The Hall–Kier alpha value is -3.17. The van der Waals surface area contributed by atoms with E-state index in [1.54, 1.807) is 13.3 Å². The fraction of sp³-hybridized carbons (Fsp3) is 0.552. The molecule has 1 aliphatic heterocycles. The predicted octanol–water partition coefficient (Wildman–Crippen LogP) is 4.95. The molecule has 1 aliphatic rings. The first kappa shape index (κ1) is 27.9. The van der Waals surface area contributed by atoms with Crippen LogP contribution in [0.2, 0.25) is 0 Å². The van der Waals surface area contributed by atoms with Crippen molar-refractivity contribution in [3.63, 3.8) is 0 Å². The minimum Gasteiger partial charge on any atom is -0.497 e. The molecule has 3 heterocycles. The number of ether oxygens (including phenoxy) is 2. The maximum atomic E-state index is 13.5. The number of fused-ring (bicyclic) bond motifs is 1. The summed E-state index contributed by atoms with van der Waals surface area (Å²) < 4.78 is 13.0. The van der Waals surface area contributed by atoms with Gasteiger partial charge in [0.15, 0.2) is 0 Å². The van der Waals surface area contributed by atoms with Gasteiger partial charge in [-0.1, -0.05) is 26.7 Å². The number of unbranched alkanes of at least 4 members (excludes halogenated alkanes) is 2. The normalized spacial score (nSPS) is 14.1. The minimum atomic E-state index is -0.000435. The molecule has 0 unspecified atom stereocenters. The number of carbonyl (C=O) groups excluding carboxylic acids is 1. The molecule has 9 nitrogen and oxygen atoms in total. The number of pyridine rings is 1. The van der Waals surface area contributed by atoms with E-state index in [1.165, 1.54) is 0 Å². The van der Waals surface area contributed by atoms with E-state index < -0.39 is 0 Å². The van der Waals surface area contributed by atoms with Gasteiger partial charge in [-0.25, -0.2) is 9.97 Å². The number of anilines is 2. The minimum absolute atomic E-state index is 0.000435. The van der Waals surface area contributed by atoms with E-state index >= 15 is 0 Å². The zero-order valence-electron chi connectivity index (χ0n) is 23.1. The molecule has 3 aromatic rings. The molecule has 0 saturated carbocycles. The number of methoxy groups -OCH3 is 1. The van der Waals surface area contributed by atoms with E-state index in [1.807, 2.05) is 35.2 Å². The van der Waals surface area contributed by atoms with Crippen molar-refractivity contribution in [2.45, 2.75) is 52.5 Å². The van der Waals surface area contributed by atoms with Gasteiger partial charge in [-0.15, -0.1) is 0 Å². The molecule has 4 rings (SSSR count). The number of aromatic nitrogens is 3. The lowest BCUT2D eigenvalue weighted by molar-refractivity contribution is 0.0370. The lowest BCUT2D eigenvalue weighted by Gasteiger charge is -2.26. The number of nitrogens with zero attached hydrogens (tertiary/aromatic N) is 5. The molecule has 2 aromatic heterocycles. The number of carbonyl (C=O) groups is 1. The van der Waals surface area contributed by atoms with Crippen LogP contribution in [-0.4, -0.2) is 83.3 Å². The third-order valence-electron chi connectivity index (χ3n) is 7.01. The van der Waals surface area contributed by atoms with Crippen LogP contribution in [0.15, 0.2) is 36.5 Å². The number of hydrogen-bond acceptors (Lipinski definition) is 7. The van der Waals surface area contributed by atoms with Crippen LogP contribution in [0, 0.1) is 0 Å². The summed E-state index contributed by atoms with van der Waals surface area (Å²) >= 11 is 0. The van der Waals surface area contributed by atoms with Crippen LogP contribution in [-0.2, 0) is 11.3 Å². The molecule has 0 radical (unpaired) electrons. The van der Waals surface area contributed by atoms with Gasteiger partial charge >= 0.3 is 0 Å². The van der Waals surface area contributed by atoms with Crippen LogP contribution in [0.5, 0.6) is 5.75 Å². The van der Waals surface area contributed by atoms with Gasteiger partial charge in [-0.05, 0) is 49.6 Å². The molecule has 1 aromatic carbocycles. The van der Waals surface area contributed by atoms with Gasteiger partial charge in [-0.3, -0.25) is 9.69 Å². The summed E-state index contributed by atoms with van der Waals surface area (Å²) in [6.07, 6.45) is 6.79.